The highest BCUT2D eigenvalue weighted by Gasteiger charge is 2.25. The zero-order chi connectivity index (χ0) is 46.9. The minimum atomic E-state index is -3.70. The van der Waals surface area contributed by atoms with Gasteiger partial charge >= 0.3 is 12.1 Å². The van der Waals surface area contributed by atoms with Crippen LogP contribution in [0.15, 0.2) is 107 Å². The molecule has 2 aliphatic rings. The fourth-order valence-electron chi connectivity index (χ4n) is 7.51. The van der Waals surface area contributed by atoms with Gasteiger partial charge in [-0.05, 0) is 109 Å². The smallest absolute Gasteiger partial charge is 0.314 e. The molecule has 67 heavy (non-hydrogen) atoms. The summed E-state index contributed by atoms with van der Waals surface area (Å²) in [5, 5.41) is 11.0. The predicted octanol–water partition coefficient (Wildman–Crippen LogP) is 4.80. The Morgan fingerprint density at radius 2 is 0.955 bits per heavy atom. The molecule has 2 aliphatic carbocycles. The summed E-state index contributed by atoms with van der Waals surface area (Å²) in [6, 6.07) is 29.7. The molecule has 0 bridgehead atoms. The second-order valence-electron chi connectivity index (χ2n) is 15.8. The van der Waals surface area contributed by atoms with Gasteiger partial charge in [-0.3, -0.25) is 0 Å². The number of benzene rings is 4. The SMILES string of the molecule is O=C(NCCCCNC(=O)NCCOCCOCCNS(=O)(=O)c1ccc(O[C@@H]2CCc3ccccc32)cc1)NCCOCCOCCN[SH+](=O)c1ccc(O[C@@H]2CCc3ccccc32)cc1. The standard InChI is InChI=1S/C48H64N6O11S2/c55-47(51-25-29-60-33-35-62-31-27-53-66(57)41-17-13-39(14-18-41)64-45-21-11-37-7-1-3-9-43(37)45)49-23-5-6-24-50-48(56)52-26-30-61-34-36-63-32-28-54-67(58,59)42-19-15-40(16-20-42)65-46-22-12-38-8-2-4-10-44(38)46/h1-4,7-10,13-20,45-46,54H,5-6,11-12,21-36H2,(H,53,57)(H2,49,51,55)(H2,50,52,56)/p+1/t45-,46-,66?/m1/s1. The van der Waals surface area contributed by atoms with Gasteiger partial charge in [0.2, 0.25) is 10.0 Å². The van der Waals surface area contributed by atoms with Gasteiger partial charge in [-0.15, -0.1) is 4.72 Å². The predicted molar refractivity (Wildman–Crippen MR) is 255 cm³/mol. The van der Waals surface area contributed by atoms with Crippen molar-refractivity contribution in [1.29, 1.82) is 0 Å². The number of hydrogen-bond acceptors (Lipinski definition) is 11. The first kappa shape index (κ1) is 51.3. The van der Waals surface area contributed by atoms with Crippen molar-refractivity contribution in [3.05, 3.63) is 119 Å². The van der Waals surface area contributed by atoms with Crippen molar-refractivity contribution in [3.8, 4) is 11.5 Å². The molecule has 17 nitrogen and oxygen atoms in total. The van der Waals surface area contributed by atoms with E-state index in [1.165, 1.54) is 34.4 Å². The lowest BCUT2D eigenvalue weighted by atomic mass is 10.1. The van der Waals surface area contributed by atoms with E-state index in [0.717, 1.165) is 31.4 Å². The summed E-state index contributed by atoms with van der Waals surface area (Å²) >= 11 is 0. The molecule has 0 saturated carbocycles. The first-order valence-corrected chi connectivity index (χ1v) is 25.7. The van der Waals surface area contributed by atoms with E-state index < -0.39 is 21.0 Å². The maximum Gasteiger partial charge on any atom is 0.314 e. The molecule has 6 N–H and O–H groups in total. The van der Waals surface area contributed by atoms with Crippen molar-refractivity contribution in [1.82, 2.24) is 30.7 Å². The number of ether oxygens (including phenoxy) is 6. The second kappa shape index (κ2) is 28.3. The number of sulfonamides is 1. The number of hydrogen-bond donors (Lipinski definition) is 6. The van der Waals surface area contributed by atoms with Crippen molar-refractivity contribution in [2.45, 2.75) is 60.5 Å². The summed E-state index contributed by atoms with van der Waals surface area (Å²) in [6.45, 7) is 4.60. The van der Waals surface area contributed by atoms with Crippen LogP contribution in [-0.4, -0.2) is 113 Å². The van der Waals surface area contributed by atoms with Crippen LogP contribution in [0, 0.1) is 0 Å². The summed E-state index contributed by atoms with van der Waals surface area (Å²) in [7, 11) is -5.46. The molecule has 0 radical (unpaired) electrons. The van der Waals surface area contributed by atoms with E-state index in [2.05, 4.69) is 61.0 Å². The average Bonchev–Trinajstić information content (AvgIpc) is 3.95. The van der Waals surface area contributed by atoms with Crippen molar-refractivity contribution >= 4 is 33.1 Å². The van der Waals surface area contributed by atoms with Crippen LogP contribution in [0.2, 0.25) is 0 Å². The summed E-state index contributed by atoms with van der Waals surface area (Å²) in [5.74, 6) is 1.38. The van der Waals surface area contributed by atoms with Crippen molar-refractivity contribution in [2.24, 2.45) is 0 Å². The average molecular weight is 966 g/mol. The number of fused-ring (bicyclic) bond motifs is 2. The molecular formula is C48H65N6O11S2+. The first-order chi connectivity index (χ1) is 32.7. The molecule has 19 heteroatoms. The van der Waals surface area contributed by atoms with Crippen LogP contribution >= 0.6 is 0 Å². The Hall–Kier alpha value is -5.12. The molecule has 4 aromatic rings. The quantitative estimate of drug-likeness (QED) is 0.0229. The molecule has 4 amide bonds. The van der Waals surface area contributed by atoms with Gasteiger partial charge in [-0.1, -0.05) is 52.7 Å². The third-order valence-corrected chi connectivity index (χ3v) is 13.7. The number of amides is 4. The van der Waals surface area contributed by atoms with Crippen LogP contribution in [-0.2, 0) is 57.0 Å². The van der Waals surface area contributed by atoms with E-state index in [-0.39, 0.29) is 48.9 Å². The van der Waals surface area contributed by atoms with Gasteiger partial charge < -0.3 is 49.7 Å². The number of carbonyl (C=O) groups is 2. The summed E-state index contributed by atoms with van der Waals surface area (Å²) in [5.41, 5.74) is 5.04. The summed E-state index contributed by atoms with van der Waals surface area (Å²) in [6.07, 6.45) is 5.22. The molecule has 0 spiro atoms. The number of urea groups is 2. The van der Waals surface area contributed by atoms with Gasteiger partial charge in [0.25, 0.3) is 0 Å². The maximum atomic E-state index is 12.7. The molecule has 0 aromatic heterocycles. The molecule has 364 valence electrons. The second-order valence-corrected chi connectivity index (χ2v) is 19.0. The first-order valence-electron chi connectivity index (χ1n) is 23.0. The van der Waals surface area contributed by atoms with E-state index in [1.807, 2.05) is 42.5 Å². The van der Waals surface area contributed by atoms with Crippen LogP contribution in [0.4, 0.5) is 9.59 Å². The van der Waals surface area contributed by atoms with E-state index in [9.17, 15) is 22.2 Å². The Labute approximate surface area is 396 Å². The lowest BCUT2D eigenvalue weighted by Crippen LogP contribution is -2.39. The van der Waals surface area contributed by atoms with Crippen LogP contribution in [0.3, 0.4) is 0 Å². The van der Waals surface area contributed by atoms with E-state index in [0.29, 0.717) is 95.9 Å². The third-order valence-electron chi connectivity index (χ3n) is 10.9. The highest BCUT2D eigenvalue weighted by Crippen LogP contribution is 2.36. The fraction of sp³-hybridized carbons (Fsp3) is 0.458. The highest BCUT2D eigenvalue weighted by atomic mass is 32.2. The summed E-state index contributed by atoms with van der Waals surface area (Å²) < 4.78 is 77.9. The fourth-order valence-corrected chi connectivity index (χ4v) is 9.42. The minimum absolute atomic E-state index is 0.0331. The third kappa shape index (κ3) is 17.8. The van der Waals surface area contributed by atoms with Crippen molar-refractivity contribution < 1.29 is 50.6 Å². The summed E-state index contributed by atoms with van der Waals surface area (Å²) in [4.78, 5) is 24.9. The minimum Gasteiger partial charge on any atom is -0.486 e. The lowest BCUT2D eigenvalue weighted by molar-refractivity contribution is 0.0516. The Kier molecular flexibility index (Phi) is 21.6. The number of rotatable bonds is 31. The molecule has 0 saturated heterocycles. The van der Waals surface area contributed by atoms with Crippen LogP contribution < -0.4 is 40.2 Å². The number of carbonyl (C=O) groups excluding carboxylic acids is 2. The zero-order valence-electron chi connectivity index (χ0n) is 37.9. The number of unbranched alkanes of at least 4 members (excludes halogenated alkanes) is 1. The normalized spacial score (nSPS) is 15.6. The molecule has 1 unspecified atom stereocenters. The molecule has 6 rings (SSSR count). The van der Waals surface area contributed by atoms with Crippen LogP contribution in [0.25, 0.3) is 0 Å². The number of aryl methyl sites for hydroxylation is 2. The Bertz CT molecular complexity index is 2250. The maximum absolute atomic E-state index is 12.7. The van der Waals surface area contributed by atoms with Crippen LogP contribution in [0.5, 0.6) is 11.5 Å². The van der Waals surface area contributed by atoms with Gasteiger partial charge in [0.1, 0.15) is 23.7 Å². The van der Waals surface area contributed by atoms with Crippen molar-refractivity contribution in [2.75, 3.05) is 92.1 Å². The monoisotopic (exact) mass is 965 g/mol. The van der Waals surface area contributed by atoms with Crippen LogP contribution in [0.1, 0.15) is 60.1 Å². The Balaban J connectivity index is 0.654. The van der Waals surface area contributed by atoms with Gasteiger partial charge in [0, 0.05) is 32.7 Å². The van der Waals surface area contributed by atoms with Crippen molar-refractivity contribution in [3.63, 3.8) is 0 Å². The van der Waals surface area contributed by atoms with Gasteiger partial charge in [0.15, 0.2) is 15.9 Å². The topological polar surface area (TPSA) is 213 Å². The Morgan fingerprint density at radius 1 is 0.522 bits per heavy atom. The molecule has 4 aromatic carbocycles. The lowest BCUT2D eigenvalue weighted by Gasteiger charge is -2.15. The number of thiol groups is 1. The van der Waals surface area contributed by atoms with E-state index in [1.54, 1.807) is 12.1 Å². The highest BCUT2D eigenvalue weighted by molar-refractivity contribution is 7.89. The molecular weight excluding hydrogens is 901 g/mol. The number of nitrogens with one attached hydrogen (secondary N) is 6. The zero-order valence-corrected chi connectivity index (χ0v) is 39.6. The van der Waals surface area contributed by atoms with Gasteiger partial charge in [-0.2, -0.15) is 0 Å². The Morgan fingerprint density at radius 3 is 1.46 bits per heavy atom. The molecule has 0 heterocycles. The van der Waals surface area contributed by atoms with Gasteiger partial charge in [0.05, 0.1) is 64.3 Å². The van der Waals surface area contributed by atoms with E-state index >= 15 is 0 Å². The van der Waals surface area contributed by atoms with E-state index in [4.69, 9.17) is 28.4 Å². The largest absolute Gasteiger partial charge is 0.486 e. The van der Waals surface area contributed by atoms with Gasteiger partial charge in [-0.25, -0.2) is 22.7 Å². The molecule has 3 atom stereocenters. The molecule has 0 fully saturated rings. The molecule has 0 aliphatic heterocycles.